The molecule has 1 saturated heterocycles. The fourth-order valence-electron chi connectivity index (χ4n) is 1.30. The summed E-state index contributed by atoms with van der Waals surface area (Å²) in [4.78, 5) is 16.2. The van der Waals surface area contributed by atoms with Crippen LogP contribution in [0, 0.1) is 0 Å². The number of nitrogen functional groups attached to an aromatic ring is 1. The van der Waals surface area contributed by atoms with Crippen LogP contribution < -0.4 is 15.5 Å². The van der Waals surface area contributed by atoms with Crippen molar-refractivity contribution in [2.24, 2.45) is 0 Å². The quantitative estimate of drug-likeness (QED) is 0.680. The van der Waals surface area contributed by atoms with Crippen LogP contribution in [0.4, 0.5) is 17.8 Å². The van der Waals surface area contributed by atoms with Gasteiger partial charge in [-0.3, -0.25) is 0 Å². The van der Waals surface area contributed by atoms with Gasteiger partial charge in [-0.15, -0.1) is 0 Å². The van der Waals surface area contributed by atoms with E-state index in [1.807, 2.05) is 26.0 Å². The van der Waals surface area contributed by atoms with Gasteiger partial charge in [0.05, 0.1) is 12.7 Å². The van der Waals surface area contributed by atoms with E-state index >= 15 is 0 Å². The number of ether oxygens (including phenoxy) is 1. The maximum atomic E-state index is 5.63. The van der Waals surface area contributed by atoms with E-state index in [4.69, 9.17) is 10.5 Å². The minimum absolute atomic E-state index is 0.234. The molecule has 1 fully saturated rings. The van der Waals surface area contributed by atoms with Crippen LogP contribution in [0.3, 0.4) is 0 Å². The molecule has 0 radical (unpaired) electrons. The zero-order valence-electron chi connectivity index (χ0n) is 9.71. The molecule has 1 atom stereocenters. The highest BCUT2D eigenvalue weighted by molar-refractivity contribution is 5.42. The minimum Gasteiger partial charge on any atom is -0.371 e. The Morgan fingerprint density at radius 3 is 2.44 bits per heavy atom. The number of anilines is 3. The third-order valence-electron chi connectivity index (χ3n) is 2.25. The number of nitrogens with zero attached hydrogens (tertiary/aromatic N) is 5. The third kappa shape index (κ3) is 2.48. The van der Waals surface area contributed by atoms with Crippen molar-refractivity contribution < 1.29 is 4.74 Å². The van der Waals surface area contributed by atoms with E-state index in [2.05, 4.69) is 15.0 Å². The lowest BCUT2D eigenvalue weighted by Crippen LogP contribution is -2.26. The molecule has 0 amide bonds. The Labute approximate surface area is 94.2 Å². The molecule has 2 rings (SSSR count). The second kappa shape index (κ2) is 4.09. The monoisotopic (exact) mass is 224 g/mol. The van der Waals surface area contributed by atoms with Crippen LogP contribution in [0.25, 0.3) is 0 Å². The van der Waals surface area contributed by atoms with Crippen LogP contribution in [-0.2, 0) is 4.74 Å². The Balaban J connectivity index is 2.17. The fraction of sp³-hybridized carbons (Fsp3) is 0.667. The number of nitrogens with two attached hydrogens (primary N) is 1. The van der Waals surface area contributed by atoms with E-state index in [-0.39, 0.29) is 5.95 Å². The van der Waals surface area contributed by atoms with Gasteiger partial charge in [-0.1, -0.05) is 0 Å². The molecule has 88 valence electrons. The van der Waals surface area contributed by atoms with E-state index in [1.165, 1.54) is 0 Å². The van der Waals surface area contributed by atoms with E-state index < -0.39 is 0 Å². The first-order chi connectivity index (χ1) is 7.56. The zero-order chi connectivity index (χ0) is 11.7. The Morgan fingerprint density at radius 1 is 1.25 bits per heavy atom. The van der Waals surface area contributed by atoms with Crippen molar-refractivity contribution in [3.05, 3.63) is 0 Å². The second-order valence-corrected chi connectivity index (χ2v) is 4.02. The van der Waals surface area contributed by atoms with Gasteiger partial charge < -0.3 is 20.3 Å². The van der Waals surface area contributed by atoms with Crippen LogP contribution >= 0.6 is 0 Å². The lowest BCUT2D eigenvalue weighted by atomic mass is 10.4. The van der Waals surface area contributed by atoms with E-state index in [0.29, 0.717) is 18.0 Å². The van der Waals surface area contributed by atoms with Crippen molar-refractivity contribution in [3.8, 4) is 0 Å². The Morgan fingerprint density at radius 2 is 1.88 bits per heavy atom. The maximum Gasteiger partial charge on any atom is 0.231 e. The average molecular weight is 224 g/mol. The third-order valence-corrected chi connectivity index (χ3v) is 2.25. The maximum absolute atomic E-state index is 5.63. The average Bonchev–Trinajstić information content (AvgIpc) is 3.00. The van der Waals surface area contributed by atoms with Gasteiger partial charge in [-0.25, -0.2) is 0 Å². The molecule has 1 aromatic heterocycles. The Bertz CT molecular complexity index is 378. The van der Waals surface area contributed by atoms with Gasteiger partial charge in [-0.2, -0.15) is 15.0 Å². The normalized spacial score (nSPS) is 18.3. The summed E-state index contributed by atoms with van der Waals surface area (Å²) in [6, 6.07) is 0. The molecule has 0 spiro atoms. The molecule has 1 unspecified atom stereocenters. The summed E-state index contributed by atoms with van der Waals surface area (Å²) in [6.45, 7) is 1.59. The molecule has 0 aliphatic carbocycles. The van der Waals surface area contributed by atoms with Crippen molar-refractivity contribution in [1.82, 2.24) is 15.0 Å². The van der Waals surface area contributed by atoms with E-state index in [0.717, 1.165) is 13.2 Å². The van der Waals surface area contributed by atoms with Crippen molar-refractivity contribution >= 4 is 17.8 Å². The van der Waals surface area contributed by atoms with Crippen molar-refractivity contribution in [3.63, 3.8) is 0 Å². The topological polar surface area (TPSA) is 83.7 Å². The molecule has 7 nitrogen and oxygen atoms in total. The van der Waals surface area contributed by atoms with Crippen molar-refractivity contribution in [1.29, 1.82) is 0 Å². The highest BCUT2D eigenvalue weighted by Crippen LogP contribution is 2.16. The van der Waals surface area contributed by atoms with Crippen molar-refractivity contribution in [2.75, 3.05) is 49.8 Å². The Hall–Kier alpha value is -1.63. The first-order valence-electron chi connectivity index (χ1n) is 5.08. The number of likely N-dealkylation sites (N-methyl/N-ethyl adjacent to an activating group) is 1. The van der Waals surface area contributed by atoms with Crippen LogP contribution in [0.1, 0.15) is 0 Å². The van der Waals surface area contributed by atoms with Gasteiger partial charge >= 0.3 is 0 Å². The number of rotatable bonds is 4. The standard InChI is InChI=1S/C9H16N6O/c1-14(2)8-11-7(10)12-9(13-8)15(3)4-6-5-16-6/h6H,4-5H2,1-3H3,(H2,10,11,12,13). The van der Waals surface area contributed by atoms with Gasteiger partial charge in [0, 0.05) is 27.7 Å². The molecule has 7 heteroatoms. The molecule has 0 saturated carbocycles. The van der Waals surface area contributed by atoms with Gasteiger partial charge in [0.2, 0.25) is 17.8 Å². The van der Waals surface area contributed by atoms with Crippen molar-refractivity contribution in [2.45, 2.75) is 6.10 Å². The summed E-state index contributed by atoms with van der Waals surface area (Å²) >= 11 is 0. The van der Waals surface area contributed by atoms with Gasteiger partial charge in [0.1, 0.15) is 0 Å². The SMILES string of the molecule is CN(C)c1nc(N)nc(N(C)CC2CO2)n1. The fourth-order valence-corrected chi connectivity index (χ4v) is 1.30. The summed E-state index contributed by atoms with van der Waals surface area (Å²) in [5.41, 5.74) is 5.63. The van der Waals surface area contributed by atoms with Gasteiger partial charge in [-0.05, 0) is 0 Å². The number of epoxide rings is 1. The highest BCUT2D eigenvalue weighted by atomic mass is 16.6. The molecule has 1 aliphatic rings. The molecular weight excluding hydrogens is 208 g/mol. The molecule has 1 aliphatic heterocycles. The first kappa shape index (κ1) is 10.9. The van der Waals surface area contributed by atoms with Crippen LogP contribution in [0.5, 0.6) is 0 Å². The van der Waals surface area contributed by atoms with E-state index in [1.54, 1.807) is 4.90 Å². The summed E-state index contributed by atoms with van der Waals surface area (Å²) in [5, 5.41) is 0. The molecular formula is C9H16N6O. The summed E-state index contributed by atoms with van der Waals surface area (Å²) in [6.07, 6.45) is 0.297. The smallest absolute Gasteiger partial charge is 0.231 e. The second-order valence-electron chi connectivity index (χ2n) is 4.02. The minimum atomic E-state index is 0.234. The molecule has 2 N–H and O–H groups in total. The highest BCUT2D eigenvalue weighted by Gasteiger charge is 2.25. The molecule has 2 heterocycles. The molecule has 16 heavy (non-hydrogen) atoms. The van der Waals surface area contributed by atoms with Crippen LogP contribution in [-0.4, -0.2) is 55.4 Å². The molecule has 1 aromatic rings. The lowest BCUT2D eigenvalue weighted by molar-refractivity contribution is 0.409. The molecule has 0 aromatic carbocycles. The summed E-state index contributed by atoms with van der Waals surface area (Å²) < 4.78 is 5.15. The van der Waals surface area contributed by atoms with E-state index in [9.17, 15) is 0 Å². The lowest BCUT2D eigenvalue weighted by Gasteiger charge is -2.18. The van der Waals surface area contributed by atoms with Crippen LogP contribution in [0.15, 0.2) is 0 Å². The van der Waals surface area contributed by atoms with Crippen LogP contribution in [0.2, 0.25) is 0 Å². The number of aromatic nitrogens is 3. The summed E-state index contributed by atoms with van der Waals surface area (Å²) in [5.74, 6) is 1.37. The van der Waals surface area contributed by atoms with Gasteiger partial charge in [0.15, 0.2) is 0 Å². The molecule has 0 bridgehead atoms. The predicted molar refractivity (Wildman–Crippen MR) is 61.6 cm³/mol. The zero-order valence-corrected chi connectivity index (χ0v) is 9.71. The first-order valence-corrected chi connectivity index (χ1v) is 5.08. The number of hydrogen-bond acceptors (Lipinski definition) is 7. The predicted octanol–water partition coefficient (Wildman–Crippen LogP) is -0.645. The largest absolute Gasteiger partial charge is 0.371 e. The Kier molecular flexibility index (Phi) is 2.78. The number of hydrogen-bond donors (Lipinski definition) is 1. The van der Waals surface area contributed by atoms with Gasteiger partial charge in [0.25, 0.3) is 0 Å². The summed E-state index contributed by atoms with van der Waals surface area (Å²) in [7, 11) is 5.64.